The van der Waals surface area contributed by atoms with E-state index in [4.69, 9.17) is 4.74 Å². The number of aliphatic hydroxyl groups excluding tert-OH is 1. The molecule has 2 N–H and O–H groups in total. The first kappa shape index (κ1) is 11.4. The molecule has 1 aliphatic heterocycles. The molecule has 1 saturated carbocycles. The van der Waals surface area contributed by atoms with Gasteiger partial charge in [-0.15, -0.1) is 0 Å². The molecule has 3 nitrogen and oxygen atoms in total. The van der Waals surface area contributed by atoms with Crippen LogP contribution < -0.4 is 5.32 Å². The van der Waals surface area contributed by atoms with Gasteiger partial charge >= 0.3 is 0 Å². The molecule has 0 aromatic rings. The molecule has 88 valence electrons. The van der Waals surface area contributed by atoms with E-state index in [2.05, 4.69) is 12.2 Å². The molecule has 2 rings (SSSR count). The van der Waals surface area contributed by atoms with Gasteiger partial charge in [-0.3, -0.25) is 0 Å². The summed E-state index contributed by atoms with van der Waals surface area (Å²) in [6.07, 6.45) is 5.45. The molecule has 3 heteroatoms. The molecule has 0 aromatic heterocycles. The van der Waals surface area contributed by atoms with Crippen LogP contribution in [0.3, 0.4) is 0 Å². The molecule has 0 aromatic carbocycles. The van der Waals surface area contributed by atoms with Gasteiger partial charge in [0, 0.05) is 18.7 Å². The summed E-state index contributed by atoms with van der Waals surface area (Å²) in [7, 11) is 0. The molecule has 0 spiro atoms. The second-order valence-corrected chi connectivity index (χ2v) is 4.91. The van der Waals surface area contributed by atoms with E-state index in [1.54, 1.807) is 0 Å². The van der Waals surface area contributed by atoms with Crippen molar-refractivity contribution >= 4 is 0 Å². The van der Waals surface area contributed by atoms with Gasteiger partial charge in [0.15, 0.2) is 0 Å². The fraction of sp³-hybridized carbons (Fsp3) is 1.00. The van der Waals surface area contributed by atoms with Crippen molar-refractivity contribution < 1.29 is 9.84 Å². The second-order valence-electron chi connectivity index (χ2n) is 4.91. The van der Waals surface area contributed by atoms with Crippen molar-refractivity contribution in [1.82, 2.24) is 5.32 Å². The van der Waals surface area contributed by atoms with Crippen molar-refractivity contribution in [3.63, 3.8) is 0 Å². The van der Waals surface area contributed by atoms with Crippen molar-refractivity contribution in [2.24, 2.45) is 5.92 Å². The Morgan fingerprint density at radius 3 is 2.80 bits per heavy atom. The average Bonchev–Trinajstić information content (AvgIpc) is 2.86. The van der Waals surface area contributed by atoms with Crippen molar-refractivity contribution in [1.29, 1.82) is 0 Å². The Hall–Kier alpha value is -0.120. The van der Waals surface area contributed by atoms with Gasteiger partial charge in [-0.05, 0) is 38.0 Å². The monoisotopic (exact) mass is 213 g/mol. The van der Waals surface area contributed by atoms with Crippen molar-refractivity contribution in [3.8, 4) is 0 Å². The average molecular weight is 213 g/mol. The first-order valence-corrected chi connectivity index (χ1v) is 6.33. The lowest BCUT2D eigenvalue weighted by Crippen LogP contribution is -2.46. The summed E-state index contributed by atoms with van der Waals surface area (Å²) in [4.78, 5) is 0. The highest BCUT2D eigenvalue weighted by molar-refractivity contribution is 4.88. The fourth-order valence-corrected chi connectivity index (χ4v) is 2.87. The zero-order valence-corrected chi connectivity index (χ0v) is 9.61. The first-order chi connectivity index (χ1) is 7.31. The van der Waals surface area contributed by atoms with Gasteiger partial charge in [0.1, 0.15) is 0 Å². The third kappa shape index (κ3) is 2.71. The van der Waals surface area contributed by atoms with E-state index in [0.29, 0.717) is 18.0 Å². The van der Waals surface area contributed by atoms with Crippen LogP contribution >= 0.6 is 0 Å². The van der Waals surface area contributed by atoms with E-state index in [1.807, 2.05) is 0 Å². The maximum Gasteiger partial charge on any atom is 0.0693 e. The molecule has 4 unspecified atom stereocenters. The van der Waals surface area contributed by atoms with E-state index in [-0.39, 0.29) is 6.10 Å². The van der Waals surface area contributed by atoms with Gasteiger partial charge in [0.05, 0.1) is 12.7 Å². The van der Waals surface area contributed by atoms with E-state index in [1.165, 1.54) is 6.42 Å². The minimum absolute atomic E-state index is 0.124. The number of aliphatic hydroxyl groups is 1. The summed E-state index contributed by atoms with van der Waals surface area (Å²) in [5, 5.41) is 13.4. The van der Waals surface area contributed by atoms with Gasteiger partial charge in [-0.2, -0.15) is 0 Å². The minimum Gasteiger partial charge on any atom is -0.392 e. The highest BCUT2D eigenvalue weighted by atomic mass is 16.5. The third-order valence-electron chi connectivity index (χ3n) is 3.88. The number of hydrogen-bond donors (Lipinski definition) is 2. The lowest BCUT2D eigenvalue weighted by atomic mass is 9.95. The predicted molar refractivity (Wildman–Crippen MR) is 59.8 cm³/mol. The summed E-state index contributed by atoms with van der Waals surface area (Å²) in [5.41, 5.74) is 0. The molecule has 2 aliphatic rings. The van der Waals surface area contributed by atoms with Crippen LogP contribution in [0.2, 0.25) is 0 Å². The Labute approximate surface area is 92.2 Å². The molecule has 1 aliphatic carbocycles. The van der Waals surface area contributed by atoms with Gasteiger partial charge in [-0.25, -0.2) is 0 Å². The number of ether oxygens (including phenoxy) is 1. The molecule has 15 heavy (non-hydrogen) atoms. The highest BCUT2D eigenvalue weighted by Gasteiger charge is 2.31. The van der Waals surface area contributed by atoms with Crippen LogP contribution in [-0.4, -0.2) is 36.5 Å². The number of hydrogen-bond acceptors (Lipinski definition) is 3. The second kappa shape index (κ2) is 5.28. The zero-order valence-electron chi connectivity index (χ0n) is 9.61. The maximum absolute atomic E-state index is 9.78. The standard InChI is InChI=1S/C12H23NO2/c1-2-10(9-6-7-15-8-9)13-11-4-3-5-12(11)14/h9-14H,2-8H2,1H3. The lowest BCUT2D eigenvalue weighted by Gasteiger charge is -2.27. The molecule has 0 radical (unpaired) electrons. The summed E-state index contributed by atoms with van der Waals surface area (Å²) in [5.74, 6) is 0.655. The SMILES string of the molecule is CCC(NC1CCCC1O)C1CCOC1. The van der Waals surface area contributed by atoms with E-state index in [9.17, 15) is 5.11 Å². The van der Waals surface area contributed by atoms with E-state index < -0.39 is 0 Å². The van der Waals surface area contributed by atoms with Crippen LogP contribution in [0.5, 0.6) is 0 Å². The summed E-state index contributed by atoms with van der Waals surface area (Å²) < 4.78 is 5.43. The molecule has 1 saturated heterocycles. The molecule has 0 bridgehead atoms. The first-order valence-electron chi connectivity index (χ1n) is 6.33. The Bertz CT molecular complexity index is 192. The van der Waals surface area contributed by atoms with Crippen LogP contribution in [0.1, 0.15) is 39.0 Å². The smallest absolute Gasteiger partial charge is 0.0693 e. The molecule has 2 fully saturated rings. The van der Waals surface area contributed by atoms with Crippen molar-refractivity contribution in [2.45, 2.75) is 57.2 Å². The quantitative estimate of drug-likeness (QED) is 0.739. The summed E-state index contributed by atoms with van der Waals surface area (Å²) in [6.45, 7) is 4.03. The third-order valence-corrected chi connectivity index (χ3v) is 3.88. The Kier molecular flexibility index (Phi) is 4.00. The largest absolute Gasteiger partial charge is 0.392 e. The zero-order chi connectivity index (χ0) is 10.7. The van der Waals surface area contributed by atoms with Crippen LogP contribution in [0.15, 0.2) is 0 Å². The Morgan fingerprint density at radius 2 is 2.27 bits per heavy atom. The van der Waals surface area contributed by atoms with Gasteiger partial charge in [0.2, 0.25) is 0 Å². The fourth-order valence-electron chi connectivity index (χ4n) is 2.87. The molecular weight excluding hydrogens is 190 g/mol. The Balaban J connectivity index is 1.84. The van der Waals surface area contributed by atoms with E-state index >= 15 is 0 Å². The molecular formula is C12H23NO2. The van der Waals surface area contributed by atoms with Crippen LogP contribution in [-0.2, 0) is 4.74 Å². The van der Waals surface area contributed by atoms with Crippen molar-refractivity contribution in [3.05, 3.63) is 0 Å². The Morgan fingerprint density at radius 1 is 1.40 bits per heavy atom. The topological polar surface area (TPSA) is 41.5 Å². The predicted octanol–water partition coefficient (Wildman–Crippen LogP) is 1.30. The van der Waals surface area contributed by atoms with Gasteiger partial charge in [0.25, 0.3) is 0 Å². The van der Waals surface area contributed by atoms with Crippen LogP contribution in [0.25, 0.3) is 0 Å². The van der Waals surface area contributed by atoms with E-state index in [0.717, 1.165) is 38.9 Å². The normalized spacial score (nSPS) is 38.4. The summed E-state index contributed by atoms with van der Waals surface area (Å²) >= 11 is 0. The highest BCUT2D eigenvalue weighted by Crippen LogP contribution is 2.24. The number of rotatable bonds is 4. The maximum atomic E-state index is 9.78. The summed E-state index contributed by atoms with van der Waals surface area (Å²) in [6, 6.07) is 0.862. The van der Waals surface area contributed by atoms with Crippen molar-refractivity contribution in [2.75, 3.05) is 13.2 Å². The van der Waals surface area contributed by atoms with Crippen LogP contribution in [0, 0.1) is 5.92 Å². The van der Waals surface area contributed by atoms with Crippen LogP contribution in [0.4, 0.5) is 0 Å². The number of nitrogens with one attached hydrogen (secondary N) is 1. The van der Waals surface area contributed by atoms with Gasteiger partial charge < -0.3 is 15.2 Å². The molecule has 4 atom stereocenters. The molecule has 1 heterocycles. The lowest BCUT2D eigenvalue weighted by molar-refractivity contribution is 0.129. The minimum atomic E-state index is -0.124. The van der Waals surface area contributed by atoms with Gasteiger partial charge in [-0.1, -0.05) is 6.92 Å². The molecule has 0 amide bonds.